The third-order valence-electron chi connectivity index (χ3n) is 5.97. The van der Waals surface area contributed by atoms with Gasteiger partial charge in [0.15, 0.2) is 0 Å². The highest BCUT2D eigenvalue weighted by Gasteiger charge is 2.20. The van der Waals surface area contributed by atoms with Crippen molar-refractivity contribution in [2.45, 2.75) is 19.5 Å². The lowest BCUT2D eigenvalue weighted by Gasteiger charge is -2.24. The Morgan fingerprint density at radius 3 is 2.56 bits per heavy atom. The molecule has 0 atom stereocenters. The molecule has 4 aromatic rings. The zero-order valence-corrected chi connectivity index (χ0v) is 18.2. The number of hydrogen-bond donors (Lipinski definition) is 1. The summed E-state index contributed by atoms with van der Waals surface area (Å²) in [6.45, 7) is 4.79. The van der Waals surface area contributed by atoms with Crippen molar-refractivity contribution in [3.8, 4) is 11.5 Å². The Balaban J connectivity index is 1.28. The van der Waals surface area contributed by atoms with Gasteiger partial charge in [0, 0.05) is 38.1 Å². The first-order valence-electron chi connectivity index (χ1n) is 11.2. The Morgan fingerprint density at radius 1 is 0.875 bits per heavy atom. The number of para-hydroxylation sites is 3. The average molecular weight is 425 g/mol. The lowest BCUT2D eigenvalue weighted by molar-refractivity contribution is 0.279. The fourth-order valence-electron chi connectivity index (χ4n) is 4.29. The van der Waals surface area contributed by atoms with Crippen LogP contribution in [0.5, 0.6) is 11.5 Å². The third kappa shape index (κ3) is 4.84. The molecule has 0 bridgehead atoms. The SMILES string of the molecule is c1ccc(Oc2ccccc2CCN2CCN(Cc3cnc[nH]3)c3ccccc3C2)cc1. The molecular weight excluding hydrogens is 396 g/mol. The van der Waals surface area contributed by atoms with Crippen LogP contribution in [0.3, 0.4) is 0 Å². The number of benzene rings is 3. The molecule has 1 N–H and O–H groups in total. The molecule has 1 aliphatic heterocycles. The van der Waals surface area contributed by atoms with Crippen LogP contribution in [0, 0.1) is 0 Å². The first-order valence-corrected chi connectivity index (χ1v) is 11.2. The number of rotatable bonds is 7. The second-order valence-corrected chi connectivity index (χ2v) is 8.18. The highest BCUT2D eigenvalue weighted by molar-refractivity contribution is 5.54. The van der Waals surface area contributed by atoms with Crippen molar-refractivity contribution < 1.29 is 4.74 Å². The summed E-state index contributed by atoms with van der Waals surface area (Å²) in [4.78, 5) is 12.4. The predicted molar refractivity (Wildman–Crippen MR) is 128 cm³/mol. The summed E-state index contributed by atoms with van der Waals surface area (Å²) in [6.07, 6.45) is 4.61. The van der Waals surface area contributed by atoms with Crippen molar-refractivity contribution in [3.63, 3.8) is 0 Å². The molecule has 162 valence electrons. The summed E-state index contributed by atoms with van der Waals surface area (Å²) in [7, 11) is 0. The van der Waals surface area contributed by atoms with E-state index >= 15 is 0 Å². The Labute approximate surface area is 189 Å². The molecule has 0 saturated heterocycles. The molecule has 5 heteroatoms. The predicted octanol–water partition coefficient (Wildman–Crippen LogP) is 5.27. The summed E-state index contributed by atoms with van der Waals surface area (Å²) in [5, 5.41) is 0. The van der Waals surface area contributed by atoms with Crippen molar-refractivity contribution in [3.05, 3.63) is 108 Å². The first-order chi connectivity index (χ1) is 15.8. The van der Waals surface area contributed by atoms with Crippen LogP contribution >= 0.6 is 0 Å². The largest absolute Gasteiger partial charge is 0.457 e. The maximum absolute atomic E-state index is 6.17. The number of imidazole rings is 1. The molecule has 0 aliphatic carbocycles. The van der Waals surface area contributed by atoms with Gasteiger partial charge >= 0.3 is 0 Å². The lowest BCUT2D eigenvalue weighted by atomic mass is 10.1. The van der Waals surface area contributed by atoms with E-state index in [1.165, 1.54) is 16.8 Å². The van der Waals surface area contributed by atoms with E-state index in [0.29, 0.717) is 0 Å². The lowest BCUT2D eigenvalue weighted by Crippen LogP contribution is -2.32. The second kappa shape index (κ2) is 9.71. The van der Waals surface area contributed by atoms with E-state index in [4.69, 9.17) is 4.74 Å². The van der Waals surface area contributed by atoms with Crippen molar-refractivity contribution in [1.29, 1.82) is 0 Å². The number of ether oxygens (including phenoxy) is 1. The molecule has 0 fully saturated rings. The molecule has 0 spiro atoms. The van der Waals surface area contributed by atoms with Crippen molar-refractivity contribution in [1.82, 2.24) is 14.9 Å². The Kier molecular flexibility index (Phi) is 6.17. The van der Waals surface area contributed by atoms with Crippen LogP contribution in [0.25, 0.3) is 0 Å². The van der Waals surface area contributed by atoms with E-state index in [1.807, 2.05) is 42.6 Å². The van der Waals surface area contributed by atoms with E-state index in [0.717, 1.165) is 56.3 Å². The van der Waals surface area contributed by atoms with Gasteiger partial charge in [0.25, 0.3) is 0 Å². The van der Waals surface area contributed by atoms with Crippen LogP contribution in [0.2, 0.25) is 0 Å². The van der Waals surface area contributed by atoms with Gasteiger partial charge in [-0.1, -0.05) is 54.6 Å². The highest BCUT2D eigenvalue weighted by Crippen LogP contribution is 2.28. The average Bonchev–Trinajstić information content (AvgIpc) is 3.28. The molecule has 0 unspecified atom stereocenters. The van der Waals surface area contributed by atoms with E-state index < -0.39 is 0 Å². The summed E-state index contributed by atoms with van der Waals surface area (Å²) in [5.74, 6) is 1.81. The number of nitrogens with one attached hydrogen (secondary N) is 1. The Morgan fingerprint density at radius 2 is 1.69 bits per heavy atom. The van der Waals surface area contributed by atoms with Gasteiger partial charge in [0.1, 0.15) is 11.5 Å². The summed E-state index contributed by atoms with van der Waals surface area (Å²) < 4.78 is 6.17. The molecule has 3 aromatic carbocycles. The summed E-state index contributed by atoms with van der Waals surface area (Å²) >= 11 is 0. The minimum absolute atomic E-state index is 0.846. The minimum atomic E-state index is 0.846. The summed E-state index contributed by atoms with van der Waals surface area (Å²) in [5.41, 5.74) is 5.07. The highest BCUT2D eigenvalue weighted by atomic mass is 16.5. The topological polar surface area (TPSA) is 44.4 Å². The number of anilines is 1. The normalized spacial score (nSPS) is 14.1. The third-order valence-corrected chi connectivity index (χ3v) is 5.97. The van der Waals surface area contributed by atoms with Gasteiger partial charge in [-0.15, -0.1) is 0 Å². The number of nitrogens with zero attached hydrogens (tertiary/aromatic N) is 3. The van der Waals surface area contributed by atoms with E-state index in [9.17, 15) is 0 Å². The van der Waals surface area contributed by atoms with Crippen LogP contribution in [0.4, 0.5) is 5.69 Å². The second-order valence-electron chi connectivity index (χ2n) is 8.18. The number of fused-ring (bicyclic) bond motifs is 1. The minimum Gasteiger partial charge on any atom is -0.457 e. The van der Waals surface area contributed by atoms with Crippen LogP contribution < -0.4 is 9.64 Å². The zero-order chi connectivity index (χ0) is 21.6. The van der Waals surface area contributed by atoms with E-state index in [2.05, 4.69) is 62.2 Å². The van der Waals surface area contributed by atoms with Crippen LogP contribution in [-0.2, 0) is 19.5 Å². The maximum atomic E-state index is 6.17. The van der Waals surface area contributed by atoms with Crippen LogP contribution in [-0.4, -0.2) is 34.5 Å². The van der Waals surface area contributed by atoms with Gasteiger partial charge in [0.05, 0.1) is 18.6 Å². The molecule has 0 radical (unpaired) electrons. The fraction of sp³-hybridized carbons (Fsp3) is 0.222. The molecule has 0 saturated carbocycles. The molecule has 5 rings (SSSR count). The Hall–Kier alpha value is -3.57. The van der Waals surface area contributed by atoms with Crippen molar-refractivity contribution >= 4 is 5.69 Å². The molecule has 32 heavy (non-hydrogen) atoms. The number of hydrogen-bond acceptors (Lipinski definition) is 4. The number of H-pyrrole nitrogens is 1. The van der Waals surface area contributed by atoms with Crippen molar-refractivity contribution in [2.75, 3.05) is 24.5 Å². The van der Waals surface area contributed by atoms with Gasteiger partial charge in [-0.25, -0.2) is 4.98 Å². The zero-order valence-electron chi connectivity index (χ0n) is 18.2. The quantitative estimate of drug-likeness (QED) is 0.439. The molecule has 1 aliphatic rings. The van der Waals surface area contributed by atoms with Gasteiger partial charge in [-0.05, 0) is 41.8 Å². The van der Waals surface area contributed by atoms with Gasteiger partial charge in [-0.2, -0.15) is 0 Å². The fourth-order valence-corrected chi connectivity index (χ4v) is 4.29. The number of aromatic nitrogens is 2. The molecular formula is C27H28N4O. The van der Waals surface area contributed by atoms with Crippen LogP contribution in [0.1, 0.15) is 16.8 Å². The van der Waals surface area contributed by atoms with Crippen LogP contribution in [0.15, 0.2) is 91.4 Å². The monoisotopic (exact) mass is 424 g/mol. The van der Waals surface area contributed by atoms with Gasteiger partial charge < -0.3 is 14.6 Å². The molecule has 0 amide bonds. The Bertz CT molecular complexity index is 1130. The first kappa shape index (κ1) is 20.3. The van der Waals surface area contributed by atoms with Gasteiger partial charge in [0.2, 0.25) is 0 Å². The molecule has 5 nitrogen and oxygen atoms in total. The molecule has 1 aromatic heterocycles. The van der Waals surface area contributed by atoms with E-state index in [1.54, 1.807) is 6.33 Å². The number of aromatic amines is 1. The smallest absolute Gasteiger partial charge is 0.130 e. The van der Waals surface area contributed by atoms with Crippen molar-refractivity contribution in [2.24, 2.45) is 0 Å². The maximum Gasteiger partial charge on any atom is 0.130 e. The molecule has 2 heterocycles. The van der Waals surface area contributed by atoms with E-state index in [-0.39, 0.29) is 0 Å². The standard InChI is InChI=1S/C27H28N4O/c1-2-10-25(11-3-1)32-27-13-7-5-8-22(27)14-15-30-16-17-31(20-24-18-28-21-29-24)26-12-6-4-9-23(26)19-30/h1-13,18,21H,14-17,19-20H2,(H,28,29). The summed E-state index contributed by atoms with van der Waals surface area (Å²) in [6, 6.07) is 27.1. The van der Waals surface area contributed by atoms with Gasteiger partial charge in [-0.3, -0.25) is 4.90 Å².